The standard InChI is InChI=1S/C10H18F3NO2/c11-10(12,13)3-4-14(5-8-1-2-8)6-9(16)7-15/h8-9,15-16H,1-7H2/t9-/m0/s1. The molecule has 6 heteroatoms. The second-order valence-corrected chi connectivity index (χ2v) is 4.40. The molecule has 0 amide bonds. The summed E-state index contributed by atoms with van der Waals surface area (Å²) >= 11 is 0. The van der Waals surface area contributed by atoms with Gasteiger partial charge in [0.15, 0.2) is 0 Å². The molecule has 1 saturated carbocycles. The highest BCUT2D eigenvalue weighted by Gasteiger charge is 2.30. The minimum Gasteiger partial charge on any atom is -0.394 e. The molecule has 96 valence electrons. The quantitative estimate of drug-likeness (QED) is 0.699. The molecule has 1 rings (SSSR count). The van der Waals surface area contributed by atoms with Crippen molar-refractivity contribution in [2.45, 2.75) is 31.5 Å². The summed E-state index contributed by atoms with van der Waals surface area (Å²) in [5.74, 6) is 0.471. The number of aliphatic hydroxyl groups is 2. The smallest absolute Gasteiger partial charge is 0.390 e. The number of hydrogen-bond acceptors (Lipinski definition) is 3. The molecule has 0 heterocycles. The SMILES string of the molecule is OC[C@@H](O)CN(CCC(F)(F)F)CC1CC1. The normalized spacial score (nSPS) is 19.1. The third-order valence-corrected chi connectivity index (χ3v) is 2.60. The second-order valence-electron chi connectivity index (χ2n) is 4.40. The van der Waals surface area contributed by atoms with Crippen LogP contribution in [0, 0.1) is 5.92 Å². The monoisotopic (exact) mass is 241 g/mol. The fourth-order valence-electron chi connectivity index (χ4n) is 1.56. The molecule has 1 atom stereocenters. The van der Waals surface area contributed by atoms with Crippen LogP contribution in [0.25, 0.3) is 0 Å². The van der Waals surface area contributed by atoms with Crippen molar-refractivity contribution in [3.63, 3.8) is 0 Å². The molecule has 0 aromatic carbocycles. The molecule has 0 bridgehead atoms. The zero-order valence-electron chi connectivity index (χ0n) is 9.08. The summed E-state index contributed by atoms with van der Waals surface area (Å²) in [7, 11) is 0. The van der Waals surface area contributed by atoms with Crippen molar-refractivity contribution >= 4 is 0 Å². The Balaban J connectivity index is 2.30. The first-order valence-corrected chi connectivity index (χ1v) is 5.48. The molecule has 0 spiro atoms. The van der Waals surface area contributed by atoms with Crippen LogP contribution < -0.4 is 0 Å². The minimum atomic E-state index is -4.16. The van der Waals surface area contributed by atoms with Crippen molar-refractivity contribution < 1.29 is 23.4 Å². The van der Waals surface area contributed by atoms with E-state index in [-0.39, 0.29) is 13.1 Å². The van der Waals surface area contributed by atoms with E-state index in [0.29, 0.717) is 12.5 Å². The molecule has 0 aromatic rings. The van der Waals surface area contributed by atoms with Gasteiger partial charge in [-0.1, -0.05) is 0 Å². The highest BCUT2D eigenvalue weighted by Crippen LogP contribution is 2.30. The Morgan fingerprint density at radius 3 is 2.38 bits per heavy atom. The van der Waals surface area contributed by atoms with Crippen LogP contribution in [-0.2, 0) is 0 Å². The third-order valence-electron chi connectivity index (χ3n) is 2.60. The lowest BCUT2D eigenvalue weighted by Gasteiger charge is -2.24. The lowest BCUT2D eigenvalue weighted by molar-refractivity contribution is -0.139. The summed E-state index contributed by atoms with van der Waals surface area (Å²) in [5, 5.41) is 17.9. The Labute approximate surface area is 92.9 Å². The highest BCUT2D eigenvalue weighted by molar-refractivity contribution is 4.78. The Morgan fingerprint density at radius 2 is 1.94 bits per heavy atom. The topological polar surface area (TPSA) is 43.7 Å². The summed E-state index contributed by atoms with van der Waals surface area (Å²) in [6, 6.07) is 0. The van der Waals surface area contributed by atoms with Gasteiger partial charge in [0.25, 0.3) is 0 Å². The average Bonchev–Trinajstić information content (AvgIpc) is 2.96. The fraction of sp³-hybridized carbons (Fsp3) is 1.00. The van der Waals surface area contributed by atoms with Crippen LogP contribution in [-0.4, -0.2) is 53.6 Å². The first-order chi connectivity index (χ1) is 7.40. The van der Waals surface area contributed by atoms with Crippen LogP contribution in [0.4, 0.5) is 13.2 Å². The zero-order valence-corrected chi connectivity index (χ0v) is 9.08. The van der Waals surface area contributed by atoms with Crippen molar-refractivity contribution in [3.05, 3.63) is 0 Å². The summed E-state index contributed by atoms with van der Waals surface area (Å²) in [6.07, 6.45) is -3.87. The zero-order chi connectivity index (χ0) is 12.2. The molecule has 0 aromatic heterocycles. The molecule has 1 aliphatic carbocycles. The van der Waals surface area contributed by atoms with E-state index in [1.54, 1.807) is 4.90 Å². The fourth-order valence-corrected chi connectivity index (χ4v) is 1.56. The summed E-state index contributed by atoms with van der Waals surface area (Å²) < 4.78 is 36.1. The van der Waals surface area contributed by atoms with Gasteiger partial charge in [0.2, 0.25) is 0 Å². The molecule has 2 N–H and O–H groups in total. The maximum Gasteiger partial charge on any atom is 0.390 e. The second kappa shape index (κ2) is 5.84. The number of nitrogens with zero attached hydrogens (tertiary/aromatic N) is 1. The van der Waals surface area contributed by atoms with Crippen molar-refractivity contribution in [2.24, 2.45) is 5.92 Å². The Bertz CT molecular complexity index is 207. The summed E-state index contributed by atoms with van der Waals surface area (Å²) in [4.78, 5) is 1.59. The van der Waals surface area contributed by atoms with E-state index < -0.39 is 25.3 Å². The van der Waals surface area contributed by atoms with Gasteiger partial charge in [0.05, 0.1) is 19.1 Å². The number of hydrogen-bond donors (Lipinski definition) is 2. The average molecular weight is 241 g/mol. The minimum absolute atomic E-state index is 0.100. The molecule has 1 fully saturated rings. The number of rotatable bonds is 7. The van der Waals surface area contributed by atoms with Gasteiger partial charge >= 0.3 is 6.18 Å². The van der Waals surface area contributed by atoms with Crippen LogP contribution >= 0.6 is 0 Å². The van der Waals surface area contributed by atoms with E-state index in [1.807, 2.05) is 0 Å². The maximum atomic E-state index is 12.0. The number of halogens is 3. The molecule has 0 unspecified atom stereocenters. The van der Waals surface area contributed by atoms with E-state index in [4.69, 9.17) is 5.11 Å². The van der Waals surface area contributed by atoms with E-state index in [9.17, 15) is 18.3 Å². The van der Waals surface area contributed by atoms with Crippen LogP contribution in [0.5, 0.6) is 0 Å². The van der Waals surface area contributed by atoms with E-state index in [2.05, 4.69) is 0 Å². The number of alkyl halides is 3. The summed E-state index contributed by atoms with van der Waals surface area (Å²) in [6.45, 7) is 0.195. The van der Waals surface area contributed by atoms with E-state index >= 15 is 0 Å². The molecule has 0 saturated heterocycles. The largest absolute Gasteiger partial charge is 0.394 e. The Morgan fingerprint density at radius 1 is 1.31 bits per heavy atom. The molecular weight excluding hydrogens is 223 g/mol. The molecule has 16 heavy (non-hydrogen) atoms. The molecular formula is C10H18F3NO2. The van der Waals surface area contributed by atoms with Gasteiger partial charge in [-0.2, -0.15) is 13.2 Å². The first kappa shape index (κ1) is 13.7. The van der Waals surface area contributed by atoms with Crippen molar-refractivity contribution in [3.8, 4) is 0 Å². The van der Waals surface area contributed by atoms with Crippen molar-refractivity contribution in [1.29, 1.82) is 0 Å². The van der Waals surface area contributed by atoms with Gasteiger partial charge in [-0.05, 0) is 18.8 Å². The predicted octanol–water partition coefficient (Wildman–Crippen LogP) is 1.00. The van der Waals surface area contributed by atoms with Gasteiger partial charge in [0.1, 0.15) is 0 Å². The van der Waals surface area contributed by atoms with E-state index in [0.717, 1.165) is 12.8 Å². The van der Waals surface area contributed by atoms with Gasteiger partial charge in [-0.3, -0.25) is 0 Å². The van der Waals surface area contributed by atoms with E-state index in [1.165, 1.54) is 0 Å². The number of aliphatic hydroxyl groups excluding tert-OH is 2. The van der Waals surface area contributed by atoms with Crippen LogP contribution in [0.3, 0.4) is 0 Å². The Kier molecular flexibility index (Phi) is 5.01. The third kappa shape index (κ3) is 6.30. The maximum absolute atomic E-state index is 12.0. The highest BCUT2D eigenvalue weighted by atomic mass is 19.4. The molecule has 1 aliphatic rings. The van der Waals surface area contributed by atoms with Gasteiger partial charge in [-0.15, -0.1) is 0 Å². The van der Waals surface area contributed by atoms with Crippen LogP contribution in [0.15, 0.2) is 0 Å². The lowest BCUT2D eigenvalue weighted by atomic mass is 10.2. The van der Waals surface area contributed by atoms with Gasteiger partial charge in [-0.25, -0.2) is 0 Å². The molecule has 3 nitrogen and oxygen atoms in total. The molecule has 0 aliphatic heterocycles. The van der Waals surface area contributed by atoms with Crippen LogP contribution in [0.1, 0.15) is 19.3 Å². The lowest BCUT2D eigenvalue weighted by Crippen LogP contribution is -2.37. The first-order valence-electron chi connectivity index (χ1n) is 5.48. The summed E-state index contributed by atoms with van der Waals surface area (Å²) in [5.41, 5.74) is 0. The Hall–Kier alpha value is -0.330. The molecule has 0 radical (unpaired) electrons. The van der Waals surface area contributed by atoms with Crippen LogP contribution in [0.2, 0.25) is 0 Å². The van der Waals surface area contributed by atoms with Crippen molar-refractivity contribution in [2.75, 3.05) is 26.2 Å². The van der Waals surface area contributed by atoms with Gasteiger partial charge in [0, 0.05) is 19.6 Å². The van der Waals surface area contributed by atoms with Gasteiger partial charge < -0.3 is 15.1 Å². The van der Waals surface area contributed by atoms with Crippen molar-refractivity contribution in [1.82, 2.24) is 4.90 Å². The predicted molar refractivity (Wildman–Crippen MR) is 52.9 cm³/mol.